The van der Waals surface area contributed by atoms with Crippen LogP contribution >= 0.6 is 11.3 Å². The topological polar surface area (TPSA) is 111 Å². The number of rotatable bonds is 11. The van der Waals surface area contributed by atoms with Gasteiger partial charge in [-0.1, -0.05) is 13.8 Å². The molecule has 1 unspecified atom stereocenters. The first-order valence-electron chi connectivity index (χ1n) is 10.7. The maximum absolute atomic E-state index is 12.8. The van der Waals surface area contributed by atoms with E-state index in [1.807, 2.05) is 6.92 Å². The van der Waals surface area contributed by atoms with Crippen molar-refractivity contribution in [1.29, 1.82) is 0 Å². The monoisotopic (exact) mass is 474 g/mol. The molecule has 1 aromatic heterocycles. The van der Waals surface area contributed by atoms with Crippen LogP contribution in [0.2, 0.25) is 0 Å². The third kappa shape index (κ3) is 7.71. The van der Waals surface area contributed by atoms with Gasteiger partial charge in [-0.05, 0) is 56.2 Å². The third-order valence-electron chi connectivity index (χ3n) is 4.71. The maximum Gasteiger partial charge on any atom is 0.329 e. The summed E-state index contributed by atoms with van der Waals surface area (Å²) in [4.78, 5) is 50.4. The standard InChI is InChI=1S/C24H30N2O6S/c1-6-31-18-9-7-17(8-10-18)23(29)26-21(14(2)3)24(30)32-15(4)22(28)20-12-11-19(33-20)13-25-16(5)27/h7-12,14-15,21H,6,13H2,1-5H3,(H,25,27)(H,26,29)/t15?,21-/m0/s1. The minimum absolute atomic E-state index is 0.161. The fourth-order valence-corrected chi connectivity index (χ4v) is 3.88. The van der Waals surface area contributed by atoms with Gasteiger partial charge >= 0.3 is 5.97 Å². The van der Waals surface area contributed by atoms with Crippen LogP contribution < -0.4 is 15.4 Å². The van der Waals surface area contributed by atoms with Crippen molar-refractivity contribution in [2.75, 3.05) is 6.61 Å². The van der Waals surface area contributed by atoms with Crippen LogP contribution in [0, 0.1) is 5.92 Å². The molecule has 33 heavy (non-hydrogen) atoms. The van der Waals surface area contributed by atoms with Gasteiger partial charge in [0.15, 0.2) is 6.10 Å². The predicted molar refractivity (Wildman–Crippen MR) is 125 cm³/mol. The molecule has 0 radical (unpaired) electrons. The van der Waals surface area contributed by atoms with E-state index >= 15 is 0 Å². The number of ketones is 1. The SMILES string of the molecule is CCOc1ccc(C(=O)N[C@H](C(=O)OC(C)C(=O)c2ccc(CNC(C)=O)s2)C(C)C)cc1. The summed E-state index contributed by atoms with van der Waals surface area (Å²) < 4.78 is 10.8. The van der Waals surface area contributed by atoms with Crippen molar-refractivity contribution in [3.63, 3.8) is 0 Å². The summed E-state index contributed by atoms with van der Waals surface area (Å²) in [5.41, 5.74) is 0.381. The molecule has 0 aliphatic carbocycles. The highest BCUT2D eigenvalue weighted by Gasteiger charge is 2.30. The van der Waals surface area contributed by atoms with Crippen LogP contribution in [-0.2, 0) is 20.9 Å². The summed E-state index contributed by atoms with van der Waals surface area (Å²) >= 11 is 1.23. The smallest absolute Gasteiger partial charge is 0.329 e. The van der Waals surface area contributed by atoms with Gasteiger partial charge < -0.3 is 20.1 Å². The Balaban J connectivity index is 2.00. The quantitative estimate of drug-likeness (QED) is 0.382. The average Bonchev–Trinajstić information content (AvgIpc) is 3.24. The van der Waals surface area contributed by atoms with Crippen molar-refractivity contribution in [3.05, 3.63) is 51.7 Å². The van der Waals surface area contributed by atoms with E-state index in [1.165, 1.54) is 25.2 Å². The lowest BCUT2D eigenvalue weighted by molar-refractivity contribution is -0.149. The lowest BCUT2D eigenvalue weighted by Gasteiger charge is -2.22. The zero-order chi connectivity index (χ0) is 24.5. The number of thiophene rings is 1. The van der Waals surface area contributed by atoms with Crippen molar-refractivity contribution in [1.82, 2.24) is 10.6 Å². The number of benzene rings is 1. The number of amides is 2. The molecule has 0 bridgehead atoms. The number of Topliss-reactive ketones (excluding diaryl/α,β-unsaturated/α-hetero) is 1. The van der Waals surface area contributed by atoms with Gasteiger partial charge in [-0.3, -0.25) is 14.4 Å². The highest BCUT2D eigenvalue weighted by Crippen LogP contribution is 2.20. The Morgan fingerprint density at radius 2 is 1.67 bits per heavy atom. The average molecular weight is 475 g/mol. The molecule has 2 rings (SSSR count). The molecule has 1 aromatic carbocycles. The van der Waals surface area contributed by atoms with Crippen molar-refractivity contribution in [2.24, 2.45) is 5.92 Å². The molecule has 0 aliphatic rings. The first-order chi connectivity index (χ1) is 15.6. The molecule has 2 N–H and O–H groups in total. The second-order valence-electron chi connectivity index (χ2n) is 7.77. The lowest BCUT2D eigenvalue weighted by atomic mass is 10.0. The Labute approximate surface area is 197 Å². The molecule has 2 amide bonds. The molecule has 0 saturated carbocycles. The molecular formula is C24H30N2O6S. The molecule has 2 atom stereocenters. The Hall–Kier alpha value is -3.20. The Bertz CT molecular complexity index is 983. The molecule has 0 fully saturated rings. The highest BCUT2D eigenvalue weighted by atomic mass is 32.1. The number of carbonyl (C=O) groups is 4. The number of nitrogens with one attached hydrogen (secondary N) is 2. The molecule has 0 saturated heterocycles. The van der Waals surface area contributed by atoms with E-state index in [1.54, 1.807) is 50.2 Å². The van der Waals surface area contributed by atoms with E-state index in [9.17, 15) is 19.2 Å². The van der Waals surface area contributed by atoms with E-state index in [-0.39, 0.29) is 17.6 Å². The summed E-state index contributed by atoms with van der Waals surface area (Å²) in [6.45, 7) is 9.20. The molecule has 1 heterocycles. The van der Waals surface area contributed by atoms with Crippen LogP contribution in [0.4, 0.5) is 0 Å². The van der Waals surface area contributed by atoms with Crippen LogP contribution in [0.3, 0.4) is 0 Å². The number of ether oxygens (including phenoxy) is 2. The summed E-state index contributed by atoms with van der Waals surface area (Å²) in [6, 6.07) is 9.07. The van der Waals surface area contributed by atoms with Crippen molar-refractivity contribution >= 4 is 34.9 Å². The fraction of sp³-hybridized carbons (Fsp3) is 0.417. The van der Waals surface area contributed by atoms with Crippen LogP contribution in [-0.4, -0.2) is 42.3 Å². The predicted octanol–water partition coefficient (Wildman–Crippen LogP) is 3.35. The van der Waals surface area contributed by atoms with Crippen LogP contribution in [0.5, 0.6) is 5.75 Å². The van der Waals surface area contributed by atoms with Crippen LogP contribution in [0.1, 0.15) is 59.5 Å². The molecule has 0 spiro atoms. The van der Waals surface area contributed by atoms with Gasteiger partial charge in [0.2, 0.25) is 11.7 Å². The molecule has 2 aromatic rings. The van der Waals surface area contributed by atoms with E-state index in [2.05, 4.69) is 10.6 Å². The first-order valence-corrected chi connectivity index (χ1v) is 11.6. The van der Waals surface area contributed by atoms with Gasteiger partial charge in [-0.25, -0.2) is 4.79 Å². The minimum Gasteiger partial charge on any atom is -0.494 e. The van der Waals surface area contributed by atoms with Crippen molar-refractivity contribution < 1.29 is 28.7 Å². The van der Waals surface area contributed by atoms with Crippen molar-refractivity contribution in [2.45, 2.75) is 53.3 Å². The molecule has 178 valence electrons. The van der Waals surface area contributed by atoms with Gasteiger partial charge in [-0.15, -0.1) is 11.3 Å². The summed E-state index contributed by atoms with van der Waals surface area (Å²) in [6.07, 6.45) is -1.02. The molecule has 9 heteroatoms. The number of hydrogen-bond donors (Lipinski definition) is 2. The molecule has 8 nitrogen and oxygen atoms in total. The third-order valence-corrected chi connectivity index (χ3v) is 5.81. The zero-order valence-electron chi connectivity index (χ0n) is 19.5. The zero-order valence-corrected chi connectivity index (χ0v) is 20.3. The van der Waals surface area contributed by atoms with Crippen molar-refractivity contribution in [3.8, 4) is 5.75 Å². The second-order valence-corrected chi connectivity index (χ2v) is 8.94. The highest BCUT2D eigenvalue weighted by molar-refractivity contribution is 7.14. The first kappa shape index (κ1) is 26.1. The largest absolute Gasteiger partial charge is 0.494 e. The van der Waals surface area contributed by atoms with Gasteiger partial charge in [0, 0.05) is 17.4 Å². The van der Waals surface area contributed by atoms with E-state index < -0.39 is 24.0 Å². The van der Waals surface area contributed by atoms with E-state index in [4.69, 9.17) is 9.47 Å². The van der Waals surface area contributed by atoms with E-state index in [0.717, 1.165) is 4.88 Å². The summed E-state index contributed by atoms with van der Waals surface area (Å²) in [5, 5.41) is 5.37. The Kier molecular flexibility index (Phi) is 9.59. The van der Waals surface area contributed by atoms with Gasteiger partial charge in [0.1, 0.15) is 11.8 Å². The summed E-state index contributed by atoms with van der Waals surface area (Å²) in [7, 11) is 0. The number of hydrogen-bond acceptors (Lipinski definition) is 7. The molecule has 0 aliphatic heterocycles. The normalized spacial score (nSPS) is 12.5. The maximum atomic E-state index is 12.8. The number of carbonyl (C=O) groups excluding carboxylic acids is 4. The Morgan fingerprint density at radius 1 is 1.00 bits per heavy atom. The van der Waals surface area contributed by atoms with Gasteiger partial charge in [-0.2, -0.15) is 0 Å². The fourth-order valence-electron chi connectivity index (χ4n) is 2.91. The molecular weight excluding hydrogens is 444 g/mol. The summed E-state index contributed by atoms with van der Waals surface area (Å²) in [5.74, 6) is -1.21. The van der Waals surface area contributed by atoms with Crippen LogP contribution in [0.15, 0.2) is 36.4 Å². The second kappa shape index (κ2) is 12.2. The van der Waals surface area contributed by atoms with E-state index in [0.29, 0.717) is 29.3 Å². The lowest BCUT2D eigenvalue weighted by Crippen LogP contribution is -2.46. The Morgan fingerprint density at radius 3 is 2.24 bits per heavy atom. The number of esters is 1. The van der Waals surface area contributed by atoms with Gasteiger partial charge in [0.25, 0.3) is 5.91 Å². The van der Waals surface area contributed by atoms with Crippen LogP contribution in [0.25, 0.3) is 0 Å². The van der Waals surface area contributed by atoms with Gasteiger partial charge in [0.05, 0.1) is 18.0 Å². The minimum atomic E-state index is -1.02.